The molecule has 1 aliphatic carbocycles. The van der Waals surface area contributed by atoms with E-state index in [9.17, 15) is 15.2 Å². The molecule has 0 saturated carbocycles. The van der Waals surface area contributed by atoms with E-state index in [2.05, 4.69) is 21.5 Å². The lowest BCUT2D eigenvalue weighted by molar-refractivity contribution is -0.139. The van der Waals surface area contributed by atoms with Crippen LogP contribution in [-0.4, -0.2) is 33.4 Å². The van der Waals surface area contributed by atoms with Gasteiger partial charge in [-0.2, -0.15) is 10.2 Å². The molecule has 0 radical (unpaired) electrons. The van der Waals surface area contributed by atoms with E-state index in [0.717, 1.165) is 29.5 Å². The Balaban J connectivity index is 1.62. The summed E-state index contributed by atoms with van der Waals surface area (Å²) in [7, 11) is 0. The third-order valence-electron chi connectivity index (χ3n) is 5.47. The summed E-state index contributed by atoms with van der Waals surface area (Å²) in [6.07, 6.45) is 1.55. The maximum absolute atomic E-state index is 11.2. The predicted octanol–water partition coefficient (Wildman–Crippen LogP) is 4.11. The smallest absolute Gasteiger partial charge is 0.320 e. The van der Waals surface area contributed by atoms with Crippen molar-refractivity contribution in [2.45, 2.75) is 51.8 Å². The molecule has 0 aliphatic heterocycles. The minimum atomic E-state index is -0.876. The first-order valence-electron chi connectivity index (χ1n) is 10.5. The quantitative estimate of drug-likeness (QED) is 0.572. The molecule has 0 bridgehead atoms. The summed E-state index contributed by atoms with van der Waals surface area (Å²) in [5, 5.41) is 26.0. The largest absolute Gasteiger partial charge is 0.490 e. The molecule has 32 heavy (non-hydrogen) atoms. The minimum Gasteiger partial charge on any atom is -0.490 e. The lowest BCUT2D eigenvalue weighted by atomic mass is 10.0. The molecular weight excluding hydrogens is 408 g/mol. The van der Waals surface area contributed by atoms with Gasteiger partial charge in [0.25, 0.3) is 5.89 Å². The maximum Gasteiger partial charge on any atom is 0.320 e. The number of hydrogen-bond acceptors (Lipinski definition) is 7. The zero-order chi connectivity index (χ0) is 22.8. The van der Waals surface area contributed by atoms with E-state index in [1.165, 1.54) is 0 Å². The van der Waals surface area contributed by atoms with Crippen LogP contribution < -0.4 is 10.1 Å². The van der Waals surface area contributed by atoms with E-state index < -0.39 is 12.0 Å². The van der Waals surface area contributed by atoms with Crippen LogP contribution in [0.4, 0.5) is 0 Å². The second kappa shape index (κ2) is 8.81. The molecule has 8 nitrogen and oxygen atoms in total. The second-order valence-electron chi connectivity index (χ2n) is 8.10. The summed E-state index contributed by atoms with van der Waals surface area (Å²) in [4.78, 5) is 15.8. The Morgan fingerprint density at radius 2 is 2.12 bits per heavy atom. The highest BCUT2D eigenvalue weighted by atomic mass is 16.5. The van der Waals surface area contributed by atoms with Crippen molar-refractivity contribution in [2.75, 3.05) is 0 Å². The van der Waals surface area contributed by atoms with Crippen LogP contribution in [0.2, 0.25) is 0 Å². The topological polar surface area (TPSA) is 121 Å². The van der Waals surface area contributed by atoms with Gasteiger partial charge in [-0.25, -0.2) is 0 Å². The van der Waals surface area contributed by atoms with Crippen LogP contribution in [0, 0.1) is 11.3 Å². The van der Waals surface area contributed by atoms with Crippen molar-refractivity contribution >= 4 is 5.97 Å². The fraction of sp³-hybridized carbons (Fsp3) is 0.333. The summed E-state index contributed by atoms with van der Waals surface area (Å²) in [6.45, 7) is 5.45. The van der Waals surface area contributed by atoms with Gasteiger partial charge >= 0.3 is 5.97 Å². The van der Waals surface area contributed by atoms with Gasteiger partial charge in [0.15, 0.2) is 0 Å². The first-order valence-corrected chi connectivity index (χ1v) is 10.5. The summed E-state index contributed by atoms with van der Waals surface area (Å²) in [6, 6.07) is 12.5. The molecule has 8 heteroatoms. The van der Waals surface area contributed by atoms with Crippen molar-refractivity contribution < 1.29 is 19.2 Å². The fourth-order valence-corrected chi connectivity index (χ4v) is 3.97. The summed E-state index contributed by atoms with van der Waals surface area (Å²) < 4.78 is 11.2. The first kappa shape index (κ1) is 21.5. The van der Waals surface area contributed by atoms with Gasteiger partial charge in [-0.15, -0.1) is 0 Å². The molecular formula is C24H24N4O4. The molecule has 0 spiro atoms. The SMILES string of the molecule is CC(C)Oc1ccc(-c2nc(-c3cccc4c3CC[C@H]4N[C@H](C)C(=O)O)no2)cc1C#N. The molecule has 1 aliphatic rings. The third kappa shape index (κ3) is 4.20. The number of carboxylic acid groups (broad SMARTS) is 1. The molecule has 1 heterocycles. The molecule has 4 rings (SSSR count). The van der Waals surface area contributed by atoms with Gasteiger partial charge < -0.3 is 14.4 Å². The minimum absolute atomic E-state index is 0.0332. The highest BCUT2D eigenvalue weighted by molar-refractivity contribution is 5.73. The zero-order valence-corrected chi connectivity index (χ0v) is 18.1. The molecule has 2 aromatic carbocycles. The Labute approximate surface area is 185 Å². The van der Waals surface area contributed by atoms with Crippen molar-refractivity contribution in [3.63, 3.8) is 0 Å². The van der Waals surface area contributed by atoms with Gasteiger partial charge in [0.1, 0.15) is 17.9 Å². The van der Waals surface area contributed by atoms with Crippen molar-refractivity contribution in [1.82, 2.24) is 15.5 Å². The Hall–Kier alpha value is -3.70. The number of ether oxygens (including phenoxy) is 1. The van der Waals surface area contributed by atoms with Crippen LogP contribution in [0.15, 0.2) is 40.9 Å². The standard InChI is InChI=1S/C24H24N4O4/c1-13(2)31-21-10-7-15(11-16(21)12-25)23-27-22(28-32-23)19-6-4-5-18-17(19)8-9-20(18)26-14(3)24(29)30/h4-7,10-11,13-14,20,26H,8-9H2,1-3H3,(H,29,30)/t14-,20-/m1/s1. The number of aromatic nitrogens is 2. The highest BCUT2D eigenvalue weighted by Gasteiger charge is 2.28. The summed E-state index contributed by atoms with van der Waals surface area (Å²) in [5.74, 6) is 0.419. The maximum atomic E-state index is 11.2. The van der Waals surface area contributed by atoms with Gasteiger partial charge in [-0.3, -0.25) is 10.1 Å². The molecule has 0 fully saturated rings. The van der Waals surface area contributed by atoms with E-state index in [-0.39, 0.29) is 12.1 Å². The van der Waals surface area contributed by atoms with Gasteiger partial charge in [-0.1, -0.05) is 23.4 Å². The number of carbonyl (C=O) groups is 1. The average Bonchev–Trinajstić information content (AvgIpc) is 3.41. The third-order valence-corrected chi connectivity index (χ3v) is 5.47. The van der Waals surface area contributed by atoms with Crippen LogP contribution >= 0.6 is 0 Å². The summed E-state index contributed by atoms with van der Waals surface area (Å²) >= 11 is 0. The number of nitriles is 1. The monoisotopic (exact) mass is 432 g/mol. The number of carboxylic acids is 1. The molecule has 2 atom stereocenters. The van der Waals surface area contributed by atoms with Gasteiger partial charge in [-0.05, 0) is 62.9 Å². The van der Waals surface area contributed by atoms with Crippen LogP contribution in [0.3, 0.4) is 0 Å². The Morgan fingerprint density at radius 1 is 1.31 bits per heavy atom. The normalized spacial score (nSPS) is 15.9. The number of fused-ring (bicyclic) bond motifs is 1. The Morgan fingerprint density at radius 3 is 2.84 bits per heavy atom. The fourth-order valence-electron chi connectivity index (χ4n) is 3.97. The molecule has 0 unspecified atom stereocenters. The van der Waals surface area contributed by atoms with Crippen molar-refractivity contribution in [3.05, 3.63) is 53.1 Å². The number of nitrogens with zero attached hydrogens (tertiary/aromatic N) is 3. The molecule has 0 amide bonds. The van der Waals surface area contributed by atoms with Crippen LogP contribution in [0.5, 0.6) is 5.75 Å². The molecule has 2 N–H and O–H groups in total. The lowest BCUT2D eigenvalue weighted by Gasteiger charge is -2.17. The molecule has 0 saturated heterocycles. The number of nitrogens with one attached hydrogen (secondary N) is 1. The predicted molar refractivity (Wildman–Crippen MR) is 117 cm³/mol. The van der Waals surface area contributed by atoms with Crippen LogP contribution in [0.1, 0.15) is 49.9 Å². The van der Waals surface area contributed by atoms with Gasteiger partial charge in [0, 0.05) is 17.2 Å². The molecule has 1 aromatic heterocycles. The highest BCUT2D eigenvalue weighted by Crippen LogP contribution is 2.37. The van der Waals surface area contributed by atoms with Crippen molar-refractivity contribution in [2.24, 2.45) is 0 Å². The number of aliphatic carboxylic acids is 1. The van der Waals surface area contributed by atoms with Crippen molar-refractivity contribution in [1.29, 1.82) is 5.26 Å². The zero-order valence-electron chi connectivity index (χ0n) is 18.1. The summed E-state index contributed by atoms with van der Waals surface area (Å²) in [5.41, 5.74) is 4.05. The van der Waals surface area contributed by atoms with Crippen LogP contribution in [-0.2, 0) is 11.2 Å². The van der Waals surface area contributed by atoms with E-state index in [0.29, 0.717) is 28.6 Å². The first-order chi connectivity index (χ1) is 15.4. The van der Waals surface area contributed by atoms with E-state index in [1.54, 1.807) is 25.1 Å². The molecule has 164 valence electrons. The average molecular weight is 432 g/mol. The van der Waals surface area contributed by atoms with E-state index in [4.69, 9.17) is 9.26 Å². The number of benzene rings is 2. The number of hydrogen-bond donors (Lipinski definition) is 2. The Bertz CT molecular complexity index is 1190. The van der Waals surface area contributed by atoms with Crippen molar-refractivity contribution in [3.8, 4) is 34.7 Å². The van der Waals surface area contributed by atoms with Gasteiger partial charge in [0.05, 0.1) is 11.7 Å². The number of rotatable bonds is 7. The lowest BCUT2D eigenvalue weighted by Crippen LogP contribution is -2.35. The van der Waals surface area contributed by atoms with Gasteiger partial charge in [0.2, 0.25) is 5.82 Å². The molecule has 3 aromatic rings. The second-order valence-corrected chi connectivity index (χ2v) is 8.10. The van der Waals surface area contributed by atoms with Crippen LogP contribution in [0.25, 0.3) is 22.8 Å². The van der Waals surface area contributed by atoms with E-state index in [1.807, 2.05) is 32.0 Å². The van der Waals surface area contributed by atoms with E-state index >= 15 is 0 Å². The Kier molecular flexibility index (Phi) is 5.93.